The van der Waals surface area contributed by atoms with Gasteiger partial charge in [-0.05, 0) is 84.6 Å². The third kappa shape index (κ3) is 2.92. The van der Waals surface area contributed by atoms with Crippen LogP contribution >= 0.6 is 0 Å². The number of hydrogen-bond acceptors (Lipinski definition) is 6. The third-order valence-corrected chi connectivity index (χ3v) is 9.47. The smallest absolute Gasteiger partial charge is 0.249 e. The van der Waals surface area contributed by atoms with Gasteiger partial charge < -0.3 is 25.9 Å². The van der Waals surface area contributed by atoms with Crippen molar-refractivity contribution in [3.8, 4) is 0 Å². The Morgan fingerprint density at radius 1 is 1.03 bits per heavy atom. The first-order valence-corrected chi connectivity index (χ1v) is 11.8. The summed E-state index contributed by atoms with van der Waals surface area (Å²) < 4.78 is 0. The first kappa shape index (κ1) is 21.8. The molecule has 3 fully saturated rings. The molecule has 0 radical (unpaired) electrons. The van der Waals surface area contributed by atoms with Crippen molar-refractivity contribution < 1.29 is 25.4 Å². The zero-order chi connectivity index (χ0) is 22.4. The number of carbonyl (C=O) groups excluding carboxylic acids is 1. The molecule has 0 aromatic heterocycles. The highest BCUT2D eigenvalue weighted by molar-refractivity contribution is 5.96. The Bertz CT molecular complexity index is 807. The molecular weight excluding hydrogens is 398 g/mol. The van der Waals surface area contributed by atoms with Crippen molar-refractivity contribution in [3.05, 3.63) is 11.6 Å². The average Bonchev–Trinajstić information content (AvgIpc) is 2.90. The van der Waals surface area contributed by atoms with Gasteiger partial charge in [-0.25, -0.2) is 0 Å². The molecule has 8 heteroatoms. The predicted octanol–water partition coefficient (Wildman–Crippen LogP) is 0.962. The molecule has 3 heterocycles. The summed E-state index contributed by atoms with van der Waals surface area (Å²) in [5, 5.41) is 48.2. The quantitative estimate of drug-likeness (QED) is 0.420. The summed E-state index contributed by atoms with van der Waals surface area (Å²) in [7, 11) is 0. The summed E-state index contributed by atoms with van der Waals surface area (Å²) in [5.74, 6) is -0.404. The molecule has 5 aliphatic rings. The third-order valence-electron chi connectivity index (χ3n) is 9.47. The van der Waals surface area contributed by atoms with E-state index >= 15 is 0 Å². The molecule has 31 heavy (non-hydrogen) atoms. The highest BCUT2D eigenvalue weighted by Gasteiger charge is 2.64. The number of fused-ring (bicyclic) bond motifs is 4. The standard InChI is InChI=1S/C23H37N3O5/c1-20(2)17-12-21(3,25(20)30)16-13-23(9-6-18(16)28)11-14(24-19(17)29)10-22(26(23)31)7-4-15(27)5-8-22/h12,14-16,18,27-28,30-31H,4-11,13H2,1-3H3,(H,24,29)/p+1. The van der Waals surface area contributed by atoms with E-state index in [9.17, 15) is 20.2 Å². The number of amides is 1. The van der Waals surface area contributed by atoms with Crippen LogP contribution in [0.2, 0.25) is 0 Å². The Morgan fingerprint density at radius 2 is 1.65 bits per heavy atom. The fourth-order valence-electron chi connectivity index (χ4n) is 7.70. The van der Waals surface area contributed by atoms with E-state index in [1.54, 1.807) is 5.06 Å². The molecule has 0 aromatic rings. The number of aliphatic hydroxyl groups is 2. The number of rotatable bonds is 0. The number of hydroxylamine groups is 4. The van der Waals surface area contributed by atoms with E-state index < -0.39 is 28.3 Å². The van der Waals surface area contributed by atoms with Crippen molar-refractivity contribution in [2.24, 2.45) is 5.92 Å². The van der Waals surface area contributed by atoms with Crippen molar-refractivity contribution in [2.75, 3.05) is 0 Å². The minimum Gasteiger partial charge on any atom is -0.393 e. The molecule has 5 unspecified atom stereocenters. The minimum atomic E-state index is -0.802. The average molecular weight is 437 g/mol. The minimum absolute atomic E-state index is 0.0807. The van der Waals surface area contributed by atoms with E-state index in [4.69, 9.17) is 5.21 Å². The predicted molar refractivity (Wildman–Crippen MR) is 114 cm³/mol. The van der Waals surface area contributed by atoms with Gasteiger partial charge in [0.25, 0.3) is 0 Å². The molecule has 2 spiro atoms. The van der Waals surface area contributed by atoms with Crippen molar-refractivity contribution >= 4 is 5.91 Å². The monoisotopic (exact) mass is 436 g/mol. The normalized spacial score (nSPS) is 50.2. The van der Waals surface area contributed by atoms with Crippen molar-refractivity contribution in [2.45, 2.75) is 119 Å². The van der Waals surface area contributed by atoms with Gasteiger partial charge in [0.15, 0.2) is 0 Å². The first-order chi connectivity index (χ1) is 14.4. The fraction of sp³-hybridized carbons (Fsp3) is 0.870. The molecule has 6 N–H and O–H groups in total. The molecule has 1 amide bonds. The first-order valence-electron chi connectivity index (χ1n) is 11.8. The number of aliphatic hydroxyl groups excluding tert-OH is 2. The lowest BCUT2D eigenvalue weighted by Gasteiger charge is -2.61. The second-order valence-corrected chi connectivity index (χ2v) is 11.7. The largest absolute Gasteiger partial charge is 0.393 e. The maximum absolute atomic E-state index is 13.4. The number of piperidine rings is 1. The zero-order valence-electron chi connectivity index (χ0n) is 18.9. The number of nitrogens with one attached hydrogen (secondary N) is 1. The number of carbonyl (C=O) groups is 1. The van der Waals surface area contributed by atoms with Gasteiger partial charge in [0, 0.05) is 28.6 Å². The van der Waals surface area contributed by atoms with Crippen LogP contribution in [0.3, 0.4) is 0 Å². The van der Waals surface area contributed by atoms with Gasteiger partial charge in [-0.3, -0.25) is 4.79 Å². The van der Waals surface area contributed by atoms with E-state index in [1.165, 1.54) is 5.06 Å². The summed E-state index contributed by atoms with van der Waals surface area (Å²) in [4.78, 5) is 13.4. The van der Waals surface area contributed by atoms with Gasteiger partial charge in [0.1, 0.15) is 11.1 Å². The van der Waals surface area contributed by atoms with Gasteiger partial charge in [-0.15, -0.1) is 0 Å². The Labute approximate surface area is 183 Å². The zero-order valence-corrected chi connectivity index (χ0v) is 18.9. The van der Waals surface area contributed by atoms with E-state index in [0.717, 1.165) is 0 Å². The van der Waals surface area contributed by atoms with E-state index in [1.807, 2.05) is 26.8 Å². The van der Waals surface area contributed by atoms with Crippen LogP contribution in [0.4, 0.5) is 0 Å². The van der Waals surface area contributed by atoms with Crippen LogP contribution < -0.4 is 5.32 Å². The summed E-state index contributed by atoms with van der Waals surface area (Å²) in [6.07, 6.45) is 6.77. The van der Waals surface area contributed by atoms with Crippen LogP contribution in [0.25, 0.3) is 0 Å². The summed E-state index contributed by atoms with van der Waals surface area (Å²) in [6.45, 7) is 5.74. The molecule has 0 aromatic carbocycles. The lowest BCUT2D eigenvalue weighted by atomic mass is 9.60. The molecule has 3 aliphatic heterocycles. The lowest BCUT2D eigenvalue weighted by Crippen LogP contribution is -2.71. The summed E-state index contributed by atoms with van der Waals surface area (Å²) in [5.41, 5.74) is -2.00. The number of nitrogens with zero attached hydrogens (tertiary/aromatic N) is 2. The van der Waals surface area contributed by atoms with Gasteiger partial charge in [-0.1, -0.05) is 5.06 Å². The summed E-state index contributed by atoms with van der Waals surface area (Å²) in [6, 6.07) is -0.0807. The van der Waals surface area contributed by atoms with E-state index in [2.05, 4.69) is 5.32 Å². The second kappa shape index (κ2) is 6.74. The van der Waals surface area contributed by atoms with Crippen molar-refractivity contribution in [1.82, 2.24) is 15.4 Å². The molecule has 1 saturated heterocycles. The summed E-state index contributed by atoms with van der Waals surface area (Å²) >= 11 is 0. The van der Waals surface area contributed by atoms with Gasteiger partial charge >= 0.3 is 0 Å². The molecule has 5 bridgehead atoms. The van der Waals surface area contributed by atoms with E-state index in [0.29, 0.717) is 63.4 Å². The topological polar surface area (TPSA) is 119 Å². The molecule has 174 valence electrons. The highest BCUT2D eigenvalue weighted by atomic mass is 16.5. The maximum atomic E-state index is 13.4. The van der Waals surface area contributed by atoms with Crippen LogP contribution in [0.5, 0.6) is 0 Å². The van der Waals surface area contributed by atoms with Crippen molar-refractivity contribution in [1.29, 1.82) is 0 Å². The maximum Gasteiger partial charge on any atom is 0.249 e. The van der Waals surface area contributed by atoms with E-state index in [-0.39, 0.29) is 24.0 Å². The Hall–Kier alpha value is -1.03. The van der Waals surface area contributed by atoms with Gasteiger partial charge in [0.05, 0.1) is 12.2 Å². The molecule has 5 rings (SSSR count). The van der Waals surface area contributed by atoms with Crippen LogP contribution in [0, 0.1) is 5.92 Å². The van der Waals surface area contributed by atoms with Crippen LogP contribution in [-0.4, -0.2) is 77.1 Å². The molecule has 8 nitrogen and oxygen atoms in total. The van der Waals surface area contributed by atoms with Gasteiger partial charge in [-0.2, -0.15) is 5.06 Å². The van der Waals surface area contributed by atoms with Crippen molar-refractivity contribution in [3.63, 3.8) is 0 Å². The lowest BCUT2D eigenvalue weighted by molar-refractivity contribution is -0.298. The highest BCUT2D eigenvalue weighted by Crippen LogP contribution is 2.56. The molecular formula is C23H38N3O5+. The SMILES string of the molecule is CC1(C)C2=CC(C)(C3CC4(CCC3O)CC(CC3(CCC(O)CC3)N4O)NC2=O)N1[OH2+]. The molecule has 5 atom stereocenters. The Kier molecular flexibility index (Phi) is 4.74. The Morgan fingerprint density at radius 3 is 2.32 bits per heavy atom. The van der Waals surface area contributed by atoms with Gasteiger partial charge in [0.2, 0.25) is 5.91 Å². The number of hydrogen-bond donors (Lipinski definition) is 4. The van der Waals surface area contributed by atoms with Crippen LogP contribution in [0.15, 0.2) is 11.6 Å². The Balaban J connectivity index is 1.62. The van der Waals surface area contributed by atoms with Crippen LogP contribution in [-0.2, 0) is 4.79 Å². The fourth-order valence-corrected chi connectivity index (χ4v) is 7.70. The second-order valence-electron chi connectivity index (χ2n) is 11.7. The molecule has 2 saturated carbocycles. The molecule has 2 aliphatic carbocycles. The van der Waals surface area contributed by atoms with Crippen LogP contribution in [0.1, 0.15) is 78.6 Å².